The third-order valence-electron chi connectivity index (χ3n) is 6.32. The summed E-state index contributed by atoms with van der Waals surface area (Å²) < 4.78 is 21.9. The molecule has 0 radical (unpaired) electrons. The van der Waals surface area contributed by atoms with Crippen molar-refractivity contribution in [2.45, 2.75) is 65.0 Å². The minimum atomic E-state index is -1.32. The number of fused-ring (bicyclic) bond motifs is 1. The lowest BCUT2D eigenvalue weighted by molar-refractivity contribution is 0.0499. The van der Waals surface area contributed by atoms with E-state index in [1.807, 2.05) is 11.8 Å². The minimum Gasteiger partial charge on any atom is -0.477 e. The zero-order chi connectivity index (χ0) is 24.2. The van der Waals surface area contributed by atoms with Crippen molar-refractivity contribution < 1.29 is 23.8 Å². The number of carbonyl (C=O) groups excluding carboxylic acids is 1. The molecule has 178 valence electrons. The molecule has 0 aromatic carbocycles. The molecule has 4 rings (SSSR count). The number of alkyl carbamates (subject to hydrolysis) is 1. The first-order valence-electron chi connectivity index (χ1n) is 11.2. The Kier molecular flexibility index (Phi) is 5.62. The van der Waals surface area contributed by atoms with Crippen LogP contribution < -0.4 is 15.8 Å². The van der Waals surface area contributed by atoms with Gasteiger partial charge >= 0.3 is 12.1 Å². The summed E-state index contributed by atoms with van der Waals surface area (Å²) in [5, 5.41) is 12.3. The standard InChI is InChI=1S/C24H30FN3O5/c1-12-9-27(11-18(12)26-23(32)33-24(3,4)5)20-13(2)19-15(14-6-7-14)8-16(22(30)31)21(29)28(19)10-17(20)25/h8,10,12,14,18H,6-7,9,11H2,1-5H3,(H,26,32)(H,30,31)/t12-,18-/m1/s1. The van der Waals surface area contributed by atoms with E-state index in [-0.39, 0.29) is 23.4 Å². The SMILES string of the molecule is Cc1c(N2C[C@@H](C)[C@H](NC(=O)OC(C)(C)C)C2)c(F)cn2c(=O)c(C(=O)O)cc(C3CC3)c12. The van der Waals surface area contributed by atoms with Crippen molar-refractivity contribution in [3.63, 3.8) is 0 Å². The molecule has 2 atom stereocenters. The predicted octanol–water partition coefficient (Wildman–Crippen LogP) is 3.67. The fourth-order valence-corrected chi connectivity index (χ4v) is 4.69. The van der Waals surface area contributed by atoms with E-state index in [1.165, 1.54) is 6.07 Å². The van der Waals surface area contributed by atoms with Gasteiger partial charge in [-0.2, -0.15) is 0 Å². The summed E-state index contributed by atoms with van der Waals surface area (Å²) in [4.78, 5) is 38.5. The van der Waals surface area contributed by atoms with Gasteiger partial charge in [-0.05, 0) is 69.6 Å². The molecule has 1 aliphatic heterocycles. The van der Waals surface area contributed by atoms with Crippen molar-refractivity contribution in [2.75, 3.05) is 18.0 Å². The van der Waals surface area contributed by atoms with E-state index >= 15 is 4.39 Å². The first-order valence-corrected chi connectivity index (χ1v) is 11.2. The summed E-state index contributed by atoms with van der Waals surface area (Å²) in [6, 6.07) is 1.22. The van der Waals surface area contributed by atoms with Crippen LogP contribution in [0.5, 0.6) is 0 Å². The fourth-order valence-electron chi connectivity index (χ4n) is 4.69. The topological polar surface area (TPSA) is 100 Å². The number of hydrogen-bond acceptors (Lipinski definition) is 5. The number of carboxylic acids is 1. The first kappa shape index (κ1) is 23.1. The van der Waals surface area contributed by atoms with Gasteiger partial charge in [0.05, 0.1) is 23.4 Å². The third-order valence-corrected chi connectivity index (χ3v) is 6.32. The summed E-state index contributed by atoms with van der Waals surface area (Å²) in [7, 11) is 0. The summed E-state index contributed by atoms with van der Waals surface area (Å²) >= 11 is 0. The van der Waals surface area contributed by atoms with Gasteiger partial charge in [0.15, 0.2) is 5.82 Å². The lowest BCUT2D eigenvalue weighted by atomic mass is 10.0. The molecule has 8 nitrogen and oxygen atoms in total. The quantitative estimate of drug-likeness (QED) is 0.724. The molecule has 1 amide bonds. The Balaban J connectivity index is 1.73. The molecule has 1 saturated heterocycles. The fraction of sp³-hybridized carbons (Fsp3) is 0.542. The largest absolute Gasteiger partial charge is 0.477 e. The normalized spacial score (nSPS) is 20.8. The van der Waals surface area contributed by atoms with Crippen LogP contribution in [0.25, 0.3) is 5.52 Å². The third kappa shape index (κ3) is 4.41. The average molecular weight is 460 g/mol. The van der Waals surface area contributed by atoms with Crippen molar-refractivity contribution in [1.29, 1.82) is 0 Å². The number of aryl methyl sites for hydroxylation is 1. The van der Waals surface area contributed by atoms with Crippen molar-refractivity contribution in [3.05, 3.63) is 45.1 Å². The number of ether oxygens (including phenoxy) is 1. The smallest absolute Gasteiger partial charge is 0.407 e. The first-order chi connectivity index (χ1) is 15.4. The molecule has 0 spiro atoms. The number of aromatic nitrogens is 1. The van der Waals surface area contributed by atoms with Gasteiger partial charge in [0.2, 0.25) is 0 Å². The van der Waals surface area contributed by atoms with Gasteiger partial charge in [0.25, 0.3) is 5.56 Å². The van der Waals surface area contributed by atoms with E-state index in [9.17, 15) is 19.5 Å². The molecule has 3 heterocycles. The highest BCUT2D eigenvalue weighted by Crippen LogP contribution is 2.44. The maximum Gasteiger partial charge on any atom is 0.407 e. The second-order valence-corrected chi connectivity index (χ2v) is 10.2. The zero-order valence-corrected chi connectivity index (χ0v) is 19.6. The van der Waals surface area contributed by atoms with Crippen LogP contribution in [-0.2, 0) is 4.74 Å². The van der Waals surface area contributed by atoms with Crippen LogP contribution in [0, 0.1) is 18.7 Å². The Morgan fingerprint density at radius 2 is 1.91 bits per heavy atom. The lowest BCUT2D eigenvalue weighted by Gasteiger charge is -2.25. The van der Waals surface area contributed by atoms with Crippen molar-refractivity contribution >= 4 is 23.3 Å². The van der Waals surface area contributed by atoms with Gasteiger partial charge in [0, 0.05) is 13.1 Å². The molecular formula is C24H30FN3O5. The predicted molar refractivity (Wildman–Crippen MR) is 122 cm³/mol. The van der Waals surface area contributed by atoms with E-state index in [0.717, 1.165) is 29.0 Å². The van der Waals surface area contributed by atoms with Crippen LogP contribution in [0.2, 0.25) is 0 Å². The van der Waals surface area contributed by atoms with E-state index < -0.39 is 29.0 Å². The van der Waals surface area contributed by atoms with Gasteiger partial charge in [-0.15, -0.1) is 0 Å². The second-order valence-electron chi connectivity index (χ2n) is 10.2. The zero-order valence-electron chi connectivity index (χ0n) is 19.6. The van der Waals surface area contributed by atoms with Crippen LogP contribution in [0.4, 0.5) is 14.9 Å². The molecule has 2 N–H and O–H groups in total. The second kappa shape index (κ2) is 8.04. The number of halogens is 1. The van der Waals surface area contributed by atoms with Gasteiger partial charge < -0.3 is 20.1 Å². The number of anilines is 1. The number of carbonyl (C=O) groups is 2. The van der Waals surface area contributed by atoms with Crippen molar-refractivity contribution in [1.82, 2.24) is 9.72 Å². The molecule has 2 fully saturated rings. The molecule has 0 bridgehead atoms. The number of nitrogens with one attached hydrogen (secondary N) is 1. The summed E-state index contributed by atoms with van der Waals surface area (Å²) in [5.74, 6) is -1.71. The van der Waals surface area contributed by atoms with Crippen LogP contribution in [0.3, 0.4) is 0 Å². The Morgan fingerprint density at radius 3 is 2.48 bits per heavy atom. The highest BCUT2D eigenvalue weighted by atomic mass is 19.1. The Bertz CT molecular complexity index is 1200. The minimum absolute atomic E-state index is 0.0482. The molecular weight excluding hydrogens is 429 g/mol. The summed E-state index contributed by atoms with van der Waals surface area (Å²) in [6.07, 6.45) is 2.39. The number of carboxylic acid groups (broad SMARTS) is 1. The molecule has 0 unspecified atom stereocenters. The Labute approximate surface area is 191 Å². The van der Waals surface area contributed by atoms with Gasteiger partial charge in [-0.3, -0.25) is 9.20 Å². The molecule has 2 aromatic heterocycles. The number of rotatable bonds is 4. The molecule has 1 aliphatic carbocycles. The summed E-state index contributed by atoms with van der Waals surface area (Å²) in [5.41, 5.74) is 0.595. The molecule has 33 heavy (non-hydrogen) atoms. The Morgan fingerprint density at radius 1 is 1.24 bits per heavy atom. The molecule has 2 aromatic rings. The number of hydrogen-bond donors (Lipinski definition) is 2. The van der Waals surface area contributed by atoms with Crippen LogP contribution >= 0.6 is 0 Å². The van der Waals surface area contributed by atoms with Crippen molar-refractivity contribution in [2.24, 2.45) is 5.92 Å². The highest BCUT2D eigenvalue weighted by Gasteiger charge is 2.36. The van der Waals surface area contributed by atoms with Crippen LogP contribution in [0.15, 0.2) is 17.1 Å². The highest BCUT2D eigenvalue weighted by molar-refractivity contribution is 5.89. The van der Waals surface area contributed by atoms with Gasteiger partial charge in [0.1, 0.15) is 11.2 Å². The lowest BCUT2D eigenvalue weighted by Crippen LogP contribution is -2.42. The van der Waals surface area contributed by atoms with E-state index in [4.69, 9.17) is 4.74 Å². The van der Waals surface area contributed by atoms with Gasteiger partial charge in [-0.25, -0.2) is 14.0 Å². The van der Waals surface area contributed by atoms with E-state index in [2.05, 4.69) is 5.32 Å². The van der Waals surface area contributed by atoms with Gasteiger partial charge in [-0.1, -0.05) is 6.92 Å². The average Bonchev–Trinajstić information content (AvgIpc) is 3.45. The molecule has 9 heteroatoms. The molecule has 2 aliphatic rings. The van der Waals surface area contributed by atoms with Crippen LogP contribution in [0.1, 0.15) is 67.9 Å². The number of nitrogens with zero attached hydrogens (tertiary/aromatic N) is 2. The number of pyridine rings is 2. The summed E-state index contributed by atoms with van der Waals surface area (Å²) in [6.45, 7) is 10.0. The van der Waals surface area contributed by atoms with Crippen molar-refractivity contribution in [3.8, 4) is 0 Å². The van der Waals surface area contributed by atoms with E-state index in [1.54, 1.807) is 27.7 Å². The van der Waals surface area contributed by atoms with E-state index in [0.29, 0.717) is 29.9 Å². The van der Waals surface area contributed by atoms with Crippen LogP contribution in [-0.4, -0.2) is 46.3 Å². The maximum absolute atomic E-state index is 15.4. The Hall–Kier alpha value is -3.10. The molecule has 1 saturated carbocycles. The monoisotopic (exact) mass is 459 g/mol. The number of aromatic carboxylic acids is 1. The number of amides is 1. The maximum atomic E-state index is 15.4.